The Hall–Kier alpha value is -0.700. The maximum Gasteiger partial charge on any atom is 0.272 e. The highest BCUT2D eigenvalue weighted by Crippen LogP contribution is 2.28. The average molecular weight is 293 g/mol. The van der Waals surface area contributed by atoms with E-state index in [2.05, 4.69) is 11.9 Å². The van der Waals surface area contributed by atoms with E-state index in [1.807, 2.05) is 30.3 Å². The van der Waals surface area contributed by atoms with Crippen LogP contribution in [0.5, 0.6) is 0 Å². The molecule has 1 aromatic carbocycles. The molecule has 0 bridgehead atoms. The van der Waals surface area contributed by atoms with Crippen molar-refractivity contribution in [1.29, 1.82) is 0 Å². The number of benzene rings is 1. The monoisotopic (exact) mass is 291 g/mol. The Labute approximate surface area is 116 Å². The number of halogens is 3. The van der Waals surface area contributed by atoms with Gasteiger partial charge in [0.2, 0.25) is 0 Å². The third kappa shape index (κ3) is 4.23. The summed E-state index contributed by atoms with van der Waals surface area (Å²) in [6, 6.07) is 9.00. The van der Waals surface area contributed by atoms with Gasteiger partial charge in [0.25, 0.3) is 9.70 Å². The Morgan fingerprint density at radius 1 is 1.29 bits per heavy atom. The lowest BCUT2D eigenvalue weighted by atomic mass is 10.0. The van der Waals surface area contributed by atoms with Crippen LogP contribution in [0.25, 0.3) is 0 Å². The van der Waals surface area contributed by atoms with E-state index in [0.29, 0.717) is 0 Å². The summed E-state index contributed by atoms with van der Waals surface area (Å²) in [6.45, 7) is 5.62. The topological polar surface area (TPSA) is 29.1 Å². The molecular formula is C12H12Cl3NO. The number of carbonyl (C=O) groups is 1. The summed E-state index contributed by atoms with van der Waals surface area (Å²) in [7, 11) is 0. The molecule has 5 heteroatoms. The van der Waals surface area contributed by atoms with Crippen LogP contribution in [0.15, 0.2) is 42.5 Å². The number of amides is 1. The summed E-state index contributed by atoms with van der Waals surface area (Å²) < 4.78 is -1.97. The summed E-state index contributed by atoms with van der Waals surface area (Å²) in [6.07, 6.45) is 0. The summed E-state index contributed by atoms with van der Waals surface area (Å²) in [5, 5.41) is 2.64. The highest BCUT2D eigenvalue weighted by Gasteiger charge is 2.32. The predicted molar refractivity (Wildman–Crippen MR) is 72.4 cm³/mol. The average Bonchev–Trinajstić information content (AvgIpc) is 2.25. The van der Waals surface area contributed by atoms with Crippen molar-refractivity contribution in [3.05, 3.63) is 48.0 Å². The minimum atomic E-state index is -1.97. The van der Waals surface area contributed by atoms with Crippen molar-refractivity contribution in [3.63, 3.8) is 0 Å². The summed E-state index contributed by atoms with van der Waals surface area (Å²) in [5.74, 6) is -0.667. The van der Waals surface area contributed by atoms with Crippen LogP contribution >= 0.6 is 34.8 Å². The fourth-order valence-corrected chi connectivity index (χ4v) is 1.51. The molecule has 0 spiro atoms. The van der Waals surface area contributed by atoms with E-state index in [4.69, 9.17) is 34.8 Å². The van der Waals surface area contributed by atoms with Crippen LogP contribution in [0, 0.1) is 0 Å². The molecule has 0 aliphatic heterocycles. The molecule has 92 valence electrons. The second-order valence-electron chi connectivity index (χ2n) is 3.66. The van der Waals surface area contributed by atoms with Crippen LogP contribution < -0.4 is 5.32 Å². The molecule has 0 aliphatic carbocycles. The van der Waals surface area contributed by atoms with Crippen molar-refractivity contribution in [2.24, 2.45) is 0 Å². The van der Waals surface area contributed by atoms with Gasteiger partial charge in [-0.05, 0) is 12.5 Å². The molecule has 0 radical (unpaired) electrons. The Morgan fingerprint density at radius 3 is 2.24 bits per heavy atom. The third-order valence-electron chi connectivity index (χ3n) is 2.16. The third-order valence-corrected chi connectivity index (χ3v) is 2.67. The molecule has 17 heavy (non-hydrogen) atoms. The van der Waals surface area contributed by atoms with Crippen molar-refractivity contribution in [3.8, 4) is 0 Å². The quantitative estimate of drug-likeness (QED) is 0.666. The number of nitrogens with one attached hydrogen (secondary N) is 1. The number of hydrogen-bond donors (Lipinski definition) is 1. The molecule has 1 aromatic rings. The first kappa shape index (κ1) is 14.4. The molecule has 0 saturated carbocycles. The van der Waals surface area contributed by atoms with E-state index in [1.165, 1.54) is 0 Å². The van der Waals surface area contributed by atoms with Gasteiger partial charge in [-0.15, -0.1) is 0 Å². The summed E-state index contributed by atoms with van der Waals surface area (Å²) in [5.41, 5.74) is 1.65. The largest absolute Gasteiger partial charge is 0.342 e. The van der Waals surface area contributed by atoms with Crippen LogP contribution in [0.4, 0.5) is 0 Å². The minimum absolute atomic E-state index is 0.362. The first-order valence-corrected chi connectivity index (χ1v) is 6.04. The Morgan fingerprint density at radius 2 is 1.82 bits per heavy atom. The van der Waals surface area contributed by atoms with Gasteiger partial charge >= 0.3 is 0 Å². The van der Waals surface area contributed by atoms with Gasteiger partial charge in [0.1, 0.15) is 0 Å². The van der Waals surface area contributed by atoms with Crippen LogP contribution in [0.3, 0.4) is 0 Å². The Kier molecular flexibility index (Phi) is 4.87. The summed E-state index contributed by atoms with van der Waals surface area (Å²) in [4.78, 5) is 11.6. The van der Waals surface area contributed by atoms with Gasteiger partial charge in [-0.2, -0.15) is 0 Å². The normalized spacial score (nSPS) is 12.9. The van der Waals surface area contributed by atoms with Crippen LogP contribution in [-0.2, 0) is 4.79 Å². The van der Waals surface area contributed by atoms with E-state index < -0.39 is 9.70 Å². The van der Waals surface area contributed by atoms with Gasteiger partial charge in [0.15, 0.2) is 0 Å². The molecule has 1 unspecified atom stereocenters. The summed E-state index contributed by atoms with van der Waals surface area (Å²) >= 11 is 16.5. The first-order valence-electron chi connectivity index (χ1n) is 4.90. The lowest BCUT2D eigenvalue weighted by Crippen LogP contribution is -2.37. The van der Waals surface area contributed by atoms with Gasteiger partial charge < -0.3 is 5.32 Å². The van der Waals surface area contributed by atoms with Gasteiger partial charge in [-0.25, -0.2) is 0 Å². The molecule has 0 aliphatic rings. The van der Waals surface area contributed by atoms with E-state index in [1.54, 1.807) is 6.92 Å². The van der Waals surface area contributed by atoms with Gasteiger partial charge in [0, 0.05) is 0 Å². The number of hydrogen-bond acceptors (Lipinski definition) is 1. The predicted octanol–water partition coefficient (Wildman–Crippen LogP) is 3.79. The molecular weight excluding hydrogens is 280 g/mol. The van der Waals surface area contributed by atoms with Gasteiger partial charge in [-0.3, -0.25) is 4.79 Å². The maximum atomic E-state index is 11.6. The van der Waals surface area contributed by atoms with Crippen molar-refractivity contribution < 1.29 is 4.79 Å². The Balaban J connectivity index is 2.90. The number of alkyl halides is 3. The van der Waals surface area contributed by atoms with Gasteiger partial charge in [0.05, 0.1) is 6.04 Å². The highest BCUT2D eigenvalue weighted by molar-refractivity contribution is 6.76. The van der Waals surface area contributed by atoms with Crippen LogP contribution in [-0.4, -0.2) is 9.70 Å². The van der Waals surface area contributed by atoms with Crippen molar-refractivity contribution >= 4 is 40.7 Å². The molecule has 1 N–H and O–H groups in total. The molecule has 0 fully saturated rings. The molecule has 0 heterocycles. The zero-order chi connectivity index (χ0) is 13.1. The van der Waals surface area contributed by atoms with Gasteiger partial charge in [-0.1, -0.05) is 77.3 Å². The lowest BCUT2D eigenvalue weighted by molar-refractivity contribution is -0.120. The smallest absolute Gasteiger partial charge is 0.272 e. The molecule has 0 saturated heterocycles. The van der Waals surface area contributed by atoms with E-state index >= 15 is 0 Å². The molecule has 0 aromatic heterocycles. The zero-order valence-corrected chi connectivity index (χ0v) is 11.5. The van der Waals surface area contributed by atoms with Crippen molar-refractivity contribution in [1.82, 2.24) is 5.32 Å². The molecule has 1 amide bonds. The first-order chi connectivity index (χ1) is 7.82. The van der Waals surface area contributed by atoms with Crippen molar-refractivity contribution in [2.75, 3.05) is 0 Å². The molecule has 1 atom stereocenters. The minimum Gasteiger partial charge on any atom is -0.342 e. The molecule has 2 nitrogen and oxygen atoms in total. The van der Waals surface area contributed by atoms with Crippen LogP contribution in [0.2, 0.25) is 0 Å². The SMILES string of the molecule is C=C(C)C(NC(=O)C(Cl)(Cl)Cl)c1ccccc1. The highest BCUT2D eigenvalue weighted by atomic mass is 35.6. The maximum absolute atomic E-state index is 11.6. The fraction of sp³-hybridized carbons (Fsp3) is 0.250. The fourth-order valence-electron chi connectivity index (χ4n) is 1.35. The zero-order valence-electron chi connectivity index (χ0n) is 9.21. The second-order valence-corrected chi connectivity index (χ2v) is 5.94. The lowest BCUT2D eigenvalue weighted by Gasteiger charge is -2.21. The number of rotatable bonds is 3. The van der Waals surface area contributed by atoms with Crippen molar-refractivity contribution in [2.45, 2.75) is 16.8 Å². The van der Waals surface area contributed by atoms with E-state index in [9.17, 15) is 4.79 Å². The van der Waals surface area contributed by atoms with E-state index in [-0.39, 0.29) is 6.04 Å². The molecule has 1 rings (SSSR count). The standard InChI is InChI=1S/C12H12Cl3NO/c1-8(2)10(9-6-4-3-5-7-9)16-11(17)12(13,14)15/h3-7,10H,1H2,2H3,(H,16,17). The van der Waals surface area contributed by atoms with E-state index in [0.717, 1.165) is 11.1 Å². The van der Waals surface area contributed by atoms with Crippen LogP contribution in [0.1, 0.15) is 18.5 Å². The second kappa shape index (κ2) is 5.76. The Bertz CT molecular complexity index is 412. The number of carbonyl (C=O) groups excluding carboxylic acids is 1.